The molecule has 1 N–H and O–H groups in total. The Kier molecular flexibility index (Phi) is 3.16. The first-order valence-electron chi connectivity index (χ1n) is 5.04. The van der Waals surface area contributed by atoms with Crippen molar-refractivity contribution in [1.29, 1.82) is 0 Å². The monoisotopic (exact) mass is 213 g/mol. The van der Waals surface area contributed by atoms with Gasteiger partial charge in [-0.1, -0.05) is 12.1 Å². The van der Waals surface area contributed by atoms with Crippen molar-refractivity contribution in [2.45, 2.75) is 25.5 Å². The van der Waals surface area contributed by atoms with E-state index in [0.29, 0.717) is 6.04 Å². The van der Waals surface area contributed by atoms with Crippen molar-refractivity contribution in [3.05, 3.63) is 29.8 Å². The molecule has 1 heterocycles. The third-order valence-electron chi connectivity index (χ3n) is 2.57. The van der Waals surface area contributed by atoms with E-state index in [1.165, 1.54) is 6.42 Å². The van der Waals surface area contributed by atoms with Gasteiger partial charge in [-0.25, -0.2) is 0 Å². The van der Waals surface area contributed by atoms with Gasteiger partial charge in [0, 0.05) is 6.04 Å². The van der Waals surface area contributed by atoms with E-state index in [9.17, 15) is 8.78 Å². The molecule has 1 aliphatic heterocycles. The Bertz CT molecular complexity index is 307. The lowest BCUT2D eigenvalue weighted by molar-refractivity contribution is -0.0498. The van der Waals surface area contributed by atoms with Gasteiger partial charge < -0.3 is 10.1 Å². The summed E-state index contributed by atoms with van der Waals surface area (Å²) in [5, 5.41) is 3.34. The van der Waals surface area contributed by atoms with Crippen molar-refractivity contribution in [3.63, 3.8) is 0 Å². The Labute approximate surface area is 87.2 Å². The molecule has 82 valence electrons. The Balaban J connectivity index is 2.03. The Morgan fingerprint density at radius 2 is 2.00 bits per heavy atom. The van der Waals surface area contributed by atoms with Crippen LogP contribution in [0.5, 0.6) is 5.75 Å². The molecule has 0 saturated carbocycles. The molecule has 1 aliphatic rings. The molecule has 2 rings (SSSR count). The molecule has 1 fully saturated rings. The summed E-state index contributed by atoms with van der Waals surface area (Å²) in [6, 6.07) is 7.20. The fourth-order valence-corrected chi connectivity index (χ4v) is 1.85. The number of hydrogen-bond donors (Lipinski definition) is 1. The lowest BCUT2D eigenvalue weighted by atomic mass is 10.1. The zero-order valence-electron chi connectivity index (χ0n) is 8.25. The van der Waals surface area contributed by atoms with E-state index < -0.39 is 6.61 Å². The predicted octanol–water partition coefficient (Wildman–Crippen LogP) is 2.71. The van der Waals surface area contributed by atoms with Crippen LogP contribution in [0.1, 0.15) is 24.4 Å². The smallest absolute Gasteiger partial charge is 0.387 e. The standard InChI is InChI=1S/C11H13F2NO/c12-11(13)15-9-5-3-8(4-6-9)10-2-1-7-14-10/h3-6,10-11,14H,1-2,7H2. The Morgan fingerprint density at radius 3 is 2.53 bits per heavy atom. The number of nitrogens with one attached hydrogen (secondary N) is 1. The maximum absolute atomic E-state index is 11.9. The highest BCUT2D eigenvalue weighted by Crippen LogP contribution is 2.25. The molecule has 1 aromatic rings. The van der Waals surface area contributed by atoms with Crippen LogP contribution in [0.25, 0.3) is 0 Å². The molecular formula is C11H13F2NO. The van der Waals surface area contributed by atoms with Gasteiger partial charge in [0.25, 0.3) is 0 Å². The summed E-state index contributed by atoms with van der Waals surface area (Å²) < 4.78 is 28.1. The fraction of sp³-hybridized carbons (Fsp3) is 0.455. The molecule has 1 atom stereocenters. The van der Waals surface area contributed by atoms with Gasteiger partial charge in [0.05, 0.1) is 0 Å². The van der Waals surface area contributed by atoms with Gasteiger partial charge in [-0.3, -0.25) is 0 Å². The predicted molar refractivity (Wildman–Crippen MR) is 53.1 cm³/mol. The third-order valence-corrected chi connectivity index (χ3v) is 2.57. The SMILES string of the molecule is FC(F)Oc1ccc(C2CCCN2)cc1. The second-order valence-electron chi connectivity index (χ2n) is 3.60. The zero-order chi connectivity index (χ0) is 10.7. The third kappa shape index (κ3) is 2.65. The van der Waals surface area contributed by atoms with Crippen LogP contribution in [-0.2, 0) is 0 Å². The maximum Gasteiger partial charge on any atom is 0.387 e. The van der Waals surface area contributed by atoms with Gasteiger partial charge in [-0.05, 0) is 37.1 Å². The van der Waals surface area contributed by atoms with Crippen LogP contribution < -0.4 is 10.1 Å². The molecule has 0 bridgehead atoms. The summed E-state index contributed by atoms with van der Waals surface area (Å²) in [6.07, 6.45) is 2.27. The Hall–Kier alpha value is -1.16. The van der Waals surface area contributed by atoms with Crippen LogP contribution in [0.2, 0.25) is 0 Å². The van der Waals surface area contributed by atoms with Gasteiger partial charge in [0.1, 0.15) is 5.75 Å². The van der Waals surface area contributed by atoms with Crippen molar-refractivity contribution in [2.75, 3.05) is 6.54 Å². The van der Waals surface area contributed by atoms with Crippen LogP contribution in [0.3, 0.4) is 0 Å². The van der Waals surface area contributed by atoms with Gasteiger partial charge >= 0.3 is 6.61 Å². The molecule has 2 nitrogen and oxygen atoms in total. The highest BCUT2D eigenvalue weighted by atomic mass is 19.3. The highest BCUT2D eigenvalue weighted by Gasteiger charge is 2.15. The maximum atomic E-state index is 11.9. The average Bonchev–Trinajstić information content (AvgIpc) is 2.71. The minimum Gasteiger partial charge on any atom is -0.435 e. The van der Waals surface area contributed by atoms with Crippen molar-refractivity contribution in [2.24, 2.45) is 0 Å². The Morgan fingerprint density at radius 1 is 1.27 bits per heavy atom. The summed E-state index contributed by atoms with van der Waals surface area (Å²) in [5.74, 6) is 0.215. The first-order valence-corrected chi connectivity index (χ1v) is 5.04. The van der Waals surface area contributed by atoms with Crippen molar-refractivity contribution < 1.29 is 13.5 Å². The first kappa shape index (κ1) is 10.4. The summed E-state index contributed by atoms with van der Waals surface area (Å²) in [4.78, 5) is 0. The number of hydrogen-bond acceptors (Lipinski definition) is 2. The molecular weight excluding hydrogens is 200 g/mol. The molecule has 0 aliphatic carbocycles. The van der Waals surface area contributed by atoms with E-state index in [0.717, 1.165) is 18.5 Å². The van der Waals surface area contributed by atoms with Crippen molar-refractivity contribution >= 4 is 0 Å². The van der Waals surface area contributed by atoms with Crippen LogP contribution in [0.4, 0.5) is 8.78 Å². The number of rotatable bonds is 3. The number of halogens is 2. The molecule has 0 amide bonds. The fourth-order valence-electron chi connectivity index (χ4n) is 1.85. The van der Waals surface area contributed by atoms with Gasteiger partial charge in [0.15, 0.2) is 0 Å². The highest BCUT2D eigenvalue weighted by molar-refractivity contribution is 5.29. The summed E-state index contributed by atoms with van der Waals surface area (Å²) in [7, 11) is 0. The van der Waals surface area contributed by atoms with E-state index in [1.807, 2.05) is 12.1 Å². The van der Waals surface area contributed by atoms with Gasteiger partial charge in [-0.2, -0.15) is 8.78 Å². The first-order chi connectivity index (χ1) is 7.25. The quantitative estimate of drug-likeness (QED) is 0.833. The van der Waals surface area contributed by atoms with E-state index in [1.54, 1.807) is 12.1 Å². The number of benzene rings is 1. The minimum atomic E-state index is -2.75. The molecule has 0 radical (unpaired) electrons. The molecule has 4 heteroatoms. The summed E-state index contributed by atoms with van der Waals surface area (Å²) in [6.45, 7) is -1.72. The molecule has 1 aromatic carbocycles. The van der Waals surface area contributed by atoms with Gasteiger partial charge in [-0.15, -0.1) is 0 Å². The van der Waals surface area contributed by atoms with E-state index in [4.69, 9.17) is 0 Å². The second-order valence-corrected chi connectivity index (χ2v) is 3.60. The molecule has 1 unspecified atom stereocenters. The van der Waals surface area contributed by atoms with E-state index in [2.05, 4.69) is 10.1 Å². The summed E-state index contributed by atoms with van der Waals surface area (Å²) >= 11 is 0. The lowest BCUT2D eigenvalue weighted by Gasteiger charge is -2.11. The van der Waals surface area contributed by atoms with Crippen LogP contribution in [0.15, 0.2) is 24.3 Å². The average molecular weight is 213 g/mol. The normalized spacial score (nSPS) is 20.9. The minimum absolute atomic E-state index is 0.215. The zero-order valence-corrected chi connectivity index (χ0v) is 8.25. The number of ether oxygens (including phenoxy) is 1. The van der Waals surface area contributed by atoms with E-state index in [-0.39, 0.29) is 5.75 Å². The largest absolute Gasteiger partial charge is 0.435 e. The van der Waals surface area contributed by atoms with Crippen molar-refractivity contribution in [3.8, 4) is 5.75 Å². The molecule has 0 aromatic heterocycles. The topological polar surface area (TPSA) is 21.3 Å². The van der Waals surface area contributed by atoms with Crippen molar-refractivity contribution in [1.82, 2.24) is 5.32 Å². The van der Waals surface area contributed by atoms with Crippen LogP contribution in [-0.4, -0.2) is 13.2 Å². The molecule has 1 saturated heterocycles. The summed E-state index contributed by atoms with van der Waals surface area (Å²) in [5.41, 5.74) is 1.13. The van der Waals surface area contributed by atoms with E-state index >= 15 is 0 Å². The van der Waals surface area contributed by atoms with Gasteiger partial charge in [0.2, 0.25) is 0 Å². The lowest BCUT2D eigenvalue weighted by Crippen LogP contribution is -2.12. The van der Waals surface area contributed by atoms with Crippen LogP contribution >= 0.6 is 0 Å². The molecule has 0 spiro atoms. The number of alkyl halides is 2. The second kappa shape index (κ2) is 4.57. The van der Waals surface area contributed by atoms with Crippen LogP contribution in [0, 0.1) is 0 Å². The molecule has 15 heavy (non-hydrogen) atoms.